The summed E-state index contributed by atoms with van der Waals surface area (Å²) < 4.78 is 1.71. The summed E-state index contributed by atoms with van der Waals surface area (Å²) in [5, 5.41) is 18.5. The Hall–Kier alpha value is -1.72. The lowest BCUT2D eigenvalue weighted by Gasteiger charge is -2.11. The minimum Gasteiger partial charge on any atom is -0.409 e. The van der Waals surface area contributed by atoms with E-state index < -0.39 is 0 Å². The maximum absolute atomic E-state index is 8.37. The Morgan fingerprint density at radius 3 is 3.07 bits per heavy atom. The first-order valence-corrected chi connectivity index (χ1v) is 4.33. The predicted molar refractivity (Wildman–Crippen MR) is 54.3 cm³/mol. The molecular weight excluding hydrogens is 182 g/mol. The van der Waals surface area contributed by atoms with Gasteiger partial charge in [0.1, 0.15) is 5.84 Å². The Balaban J connectivity index is 2.45. The largest absolute Gasteiger partial charge is 0.409 e. The molecule has 0 spiro atoms. The quantitative estimate of drug-likeness (QED) is 0.281. The average molecular weight is 197 g/mol. The highest BCUT2D eigenvalue weighted by molar-refractivity contribution is 5.80. The zero-order valence-corrected chi connectivity index (χ0v) is 8.31. The van der Waals surface area contributed by atoms with E-state index in [1.54, 1.807) is 10.9 Å². The highest BCUT2D eigenvalue weighted by Gasteiger charge is 2.05. The van der Waals surface area contributed by atoms with Crippen molar-refractivity contribution < 1.29 is 5.21 Å². The van der Waals surface area contributed by atoms with E-state index >= 15 is 0 Å². The second-order valence-corrected chi connectivity index (χ2v) is 3.24. The van der Waals surface area contributed by atoms with Gasteiger partial charge < -0.3 is 16.3 Å². The van der Waals surface area contributed by atoms with Crippen LogP contribution in [0.25, 0.3) is 0 Å². The number of hydrogen-bond acceptors (Lipinski definition) is 4. The van der Waals surface area contributed by atoms with Crippen LogP contribution in [0.3, 0.4) is 0 Å². The molecule has 0 radical (unpaired) electrons. The van der Waals surface area contributed by atoms with E-state index in [1.165, 1.54) is 0 Å². The number of amidine groups is 1. The summed E-state index contributed by atoms with van der Waals surface area (Å²) in [7, 11) is 1.85. The van der Waals surface area contributed by atoms with Crippen LogP contribution in [0.15, 0.2) is 17.5 Å². The van der Waals surface area contributed by atoms with E-state index in [2.05, 4.69) is 15.6 Å². The summed E-state index contributed by atoms with van der Waals surface area (Å²) >= 11 is 0. The molecule has 6 heteroatoms. The molecule has 0 aliphatic carbocycles. The standard InChI is InChI=1S/C8H15N5O/c1-6(3-8(9)12-14)11-7-4-10-13(2)5-7/h4-6,11,14H,3H2,1-2H3,(H2,9,12). The van der Waals surface area contributed by atoms with Crippen molar-refractivity contribution in [3.8, 4) is 0 Å². The van der Waals surface area contributed by atoms with Crippen LogP contribution in [-0.4, -0.2) is 26.9 Å². The Bertz CT molecular complexity index is 319. The van der Waals surface area contributed by atoms with Gasteiger partial charge in [0.05, 0.1) is 11.9 Å². The zero-order chi connectivity index (χ0) is 10.6. The minimum absolute atomic E-state index is 0.107. The Morgan fingerprint density at radius 1 is 1.86 bits per heavy atom. The van der Waals surface area contributed by atoms with Gasteiger partial charge in [0.25, 0.3) is 0 Å². The molecule has 1 unspecified atom stereocenters. The number of nitrogens with zero attached hydrogens (tertiary/aromatic N) is 3. The van der Waals surface area contributed by atoms with Gasteiger partial charge >= 0.3 is 0 Å². The molecule has 0 saturated heterocycles. The molecule has 78 valence electrons. The molecule has 1 aromatic rings. The topological polar surface area (TPSA) is 88.5 Å². The molecule has 1 atom stereocenters. The van der Waals surface area contributed by atoms with Gasteiger partial charge in [-0.25, -0.2) is 0 Å². The zero-order valence-electron chi connectivity index (χ0n) is 8.31. The first-order chi connectivity index (χ1) is 6.61. The van der Waals surface area contributed by atoms with E-state index in [4.69, 9.17) is 10.9 Å². The van der Waals surface area contributed by atoms with Gasteiger partial charge in [-0.2, -0.15) is 5.10 Å². The van der Waals surface area contributed by atoms with Gasteiger partial charge in [-0.15, -0.1) is 0 Å². The Kier molecular flexibility index (Phi) is 3.33. The van der Waals surface area contributed by atoms with Crippen LogP contribution in [0.4, 0.5) is 5.69 Å². The molecule has 14 heavy (non-hydrogen) atoms. The average Bonchev–Trinajstić information content (AvgIpc) is 2.50. The molecular formula is C8H15N5O. The molecule has 1 aromatic heterocycles. The predicted octanol–water partition coefficient (Wildman–Crippen LogP) is 0.357. The van der Waals surface area contributed by atoms with Crippen molar-refractivity contribution in [1.82, 2.24) is 9.78 Å². The van der Waals surface area contributed by atoms with Crippen LogP contribution < -0.4 is 11.1 Å². The van der Waals surface area contributed by atoms with E-state index in [0.717, 1.165) is 5.69 Å². The fraction of sp³-hybridized carbons (Fsp3) is 0.500. The first-order valence-electron chi connectivity index (χ1n) is 4.33. The summed E-state index contributed by atoms with van der Waals surface area (Å²) in [4.78, 5) is 0. The lowest BCUT2D eigenvalue weighted by Crippen LogP contribution is -2.24. The van der Waals surface area contributed by atoms with Crippen LogP contribution in [0, 0.1) is 0 Å². The number of hydrogen-bond donors (Lipinski definition) is 3. The Labute approximate surface area is 82.4 Å². The summed E-state index contributed by atoms with van der Waals surface area (Å²) in [6.45, 7) is 1.95. The van der Waals surface area contributed by atoms with Crippen LogP contribution in [-0.2, 0) is 7.05 Å². The van der Waals surface area contributed by atoms with Crippen LogP contribution >= 0.6 is 0 Å². The van der Waals surface area contributed by atoms with Gasteiger partial charge in [0.15, 0.2) is 0 Å². The number of oxime groups is 1. The second kappa shape index (κ2) is 4.50. The molecule has 4 N–H and O–H groups in total. The summed E-state index contributed by atoms with van der Waals surface area (Å²) in [5.41, 5.74) is 6.29. The molecule has 0 bridgehead atoms. The Morgan fingerprint density at radius 2 is 2.57 bits per heavy atom. The number of anilines is 1. The van der Waals surface area contributed by atoms with E-state index in [1.807, 2.05) is 20.2 Å². The molecule has 6 nitrogen and oxygen atoms in total. The van der Waals surface area contributed by atoms with Gasteiger partial charge in [-0.05, 0) is 6.92 Å². The molecule has 0 saturated carbocycles. The number of nitrogens with two attached hydrogens (primary N) is 1. The van der Waals surface area contributed by atoms with Crippen molar-refractivity contribution in [2.24, 2.45) is 17.9 Å². The maximum atomic E-state index is 8.37. The fourth-order valence-corrected chi connectivity index (χ4v) is 1.19. The van der Waals surface area contributed by atoms with Crippen molar-refractivity contribution in [1.29, 1.82) is 0 Å². The van der Waals surface area contributed by atoms with Crippen molar-refractivity contribution in [2.75, 3.05) is 5.32 Å². The normalized spacial score (nSPS) is 14.0. The lowest BCUT2D eigenvalue weighted by molar-refractivity contribution is 0.316. The summed E-state index contributed by atoms with van der Waals surface area (Å²) in [6.07, 6.45) is 4.08. The third kappa shape index (κ3) is 2.96. The highest BCUT2D eigenvalue weighted by atomic mass is 16.4. The van der Waals surface area contributed by atoms with Crippen LogP contribution in [0.2, 0.25) is 0 Å². The lowest BCUT2D eigenvalue weighted by atomic mass is 10.2. The van der Waals surface area contributed by atoms with Crippen LogP contribution in [0.5, 0.6) is 0 Å². The SMILES string of the molecule is CC(C/C(N)=N/O)Nc1cnn(C)c1. The van der Waals surface area contributed by atoms with Gasteiger partial charge in [-0.1, -0.05) is 5.16 Å². The number of nitrogens with one attached hydrogen (secondary N) is 1. The third-order valence-electron chi connectivity index (χ3n) is 1.76. The van der Waals surface area contributed by atoms with E-state index in [0.29, 0.717) is 6.42 Å². The number of aryl methyl sites for hydroxylation is 1. The number of aromatic nitrogens is 2. The molecule has 0 amide bonds. The monoisotopic (exact) mass is 197 g/mol. The van der Waals surface area contributed by atoms with Gasteiger partial charge in [-0.3, -0.25) is 4.68 Å². The highest BCUT2D eigenvalue weighted by Crippen LogP contribution is 2.07. The van der Waals surface area contributed by atoms with Crippen molar-refractivity contribution in [2.45, 2.75) is 19.4 Å². The molecule has 0 aliphatic rings. The van der Waals surface area contributed by atoms with E-state index in [-0.39, 0.29) is 11.9 Å². The summed E-state index contributed by atoms with van der Waals surface area (Å²) in [5.74, 6) is 0.217. The van der Waals surface area contributed by atoms with Crippen molar-refractivity contribution >= 4 is 11.5 Å². The van der Waals surface area contributed by atoms with Gasteiger partial charge in [0, 0.05) is 25.7 Å². The molecule has 0 aromatic carbocycles. The molecule has 0 fully saturated rings. The second-order valence-electron chi connectivity index (χ2n) is 3.24. The summed E-state index contributed by atoms with van der Waals surface area (Å²) in [6, 6.07) is 0.107. The maximum Gasteiger partial charge on any atom is 0.141 e. The van der Waals surface area contributed by atoms with Crippen molar-refractivity contribution in [3.05, 3.63) is 12.4 Å². The third-order valence-corrected chi connectivity index (χ3v) is 1.76. The van der Waals surface area contributed by atoms with E-state index in [9.17, 15) is 0 Å². The number of rotatable bonds is 4. The van der Waals surface area contributed by atoms with Crippen molar-refractivity contribution in [3.63, 3.8) is 0 Å². The molecule has 1 heterocycles. The van der Waals surface area contributed by atoms with Gasteiger partial charge in [0.2, 0.25) is 0 Å². The first kappa shape index (κ1) is 10.4. The fourth-order valence-electron chi connectivity index (χ4n) is 1.19. The minimum atomic E-state index is 0.107. The van der Waals surface area contributed by atoms with Crippen LogP contribution in [0.1, 0.15) is 13.3 Å². The molecule has 0 aliphatic heterocycles. The molecule has 1 rings (SSSR count). The smallest absolute Gasteiger partial charge is 0.141 e.